The first-order chi connectivity index (χ1) is 14.4. The lowest BCUT2D eigenvalue weighted by Gasteiger charge is -2.32. The second-order valence-electron chi connectivity index (χ2n) is 9.51. The molecule has 1 fully saturated rings. The number of hydrogen-bond donors (Lipinski definition) is 2. The van der Waals surface area contributed by atoms with E-state index >= 15 is 0 Å². The van der Waals surface area contributed by atoms with Crippen LogP contribution in [0.3, 0.4) is 0 Å². The van der Waals surface area contributed by atoms with Crippen LogP contribution in [0.25, 0.3) is 6.08 Å². The van der Waals surface area contributed by atoms with Crippen molar-refractivity contribution in [2.75, 3.05) is 12.3 Å². The Morgan fingerprint density at radius 1 is 1.16 bits per heavy atom. The molecule has 11 heteroatoms. The van der Waals surface area contributed by atoms with Gasteiger partial charge in [-0.15, -0.1) is 13.2 Å². The molecule has 1 aromatic carbocycles. The van der Waals surface area contributed by atoms with Crippen LogP contribution in [0, 0.1) is 0 Å². The van der Waals surface area contributed by atoms with E-state index in [1.807, 2.05) is 27.7 Å². The quantitative estimate of drug-likeness (QED) is 0.491. The highest BCUT2D eigenvalue weighted by Gasteiger charge is 2.52. The van der Waals surface area contributed by atoms with Gasteiger partial charge in [-0.3, -0.25) is 0 Å². The molecule has 0 bridgehead atoms. The maximum absolute atomic E-state index is 12.9. The molecule has 0 atom stereocenters. The van der Waals surface area contributed by atoms with E-state index in [9.17, 15) is 18.0 Å². The minimum atomic E-state index is -4.89. The number of alkyl halides is 3. The van der Waals surface area contributed by atoms with Gasteiger partial charge in [0.2, 0.25) is 0 Å². The topological polar surface area (TPSA) is 92.0 Å². The van der Waals surface area contributed by atoms with Gasteiger partial charge in [0.05, 0.1) is 11.2 Å². The second kappa shape index (κ2) is 8.86. The number of anilines is 1. The van der Waals surface area contributed by atoms with Crippen LogP contribution in [-0.4, -0.2) is 42.9 Å². The van der Waals surface area contributed by atoms with Crippen LogP contribution >= 0.6 is 0 Å². The van der Waals surface area contributed by atoms with Gasteiger partial charge in [0.1, 0.15) is 11.4 Å². The summed E-state index contributed by atoms with van der Waals surface area (Å²) in [5.41, 5.74) is 4.29. The number of halogens is 3. The summed E-state index contributed by atoms with van der Waals surface area (Å²) in [6, 6.07) is 3.75. The van der Waals surface area contributed by atoms with Crippen molar-refractivity contribution in [3.05, 3.63) is 29.2 Å². The van der Waals surface area contributed by atoms with Crippen LogP contribution in [0.2, 0.25) is 0 Å². The summed E-state index contributed by atoms with van der Waals surface area (Å²) in [5, 5.41) is 2.59. The van der Waals surface area contributed by atoms with Gasteiger partial charge in [-0.2, -0.15) is 0 Å². The first-order valence-electron chi connectivity index (χ1n) is 10.1. The Hall–Kier alpha value is -2.40. The summed E-state index contributed by atoms with van der Waals surface area (Å²) in [7, 11) is -0.935. The molecule has 1 aliphatic heterocycles. The normalized spacial score (nSPS) is 18.4. The Balaban J connectivity index is 2.42. The average Bonchev–Trinajstić information content (AvgIpc) is 2.78. The summed E-state index contributed by atoms with van der Waals surface area (Å²) in [5.74, 6) is -0.446. The molecule has 1 aliphatic rings. The number of nitrogen functional groups attached to an aromatic ring is 1. The van der Waals surface area contributed by atoms with E-state index in [4.69, 9.17) is 19.8 Å². The van der Waals surface area contributed by atoms with Crippen molar-refractivity contribution in [3.8, 4) is 5.75 Å². The molecule has 0 unspecified atom stereocenters. The third-order valence-corrected chi connectivity index (χ3v) is 4.99. The maximum atomic E-state index is 12.9. The number of hydrogen-bond acceptors (Lipinski definition) is 6. The van der Waals surface area contributed by atoms with Crippen molar-refractivity contribution < 1.29 is 36.7 Å². The summed E-state index contributed by atoms with van der Waals surface area (Å²) in [4.78, 5) is 12.2. The molecule has 178 valence electrons. The smallest absolute Gasteiger partial charge is 0.444 e. The fourth-order valence-electron chi connectivity index (χ4n) is 2.78. The monoisotopic (exact) mass is 458 g/mol. The molecule has 32 heavy (non-hydrogen) atoms. The standard InChI is InChI=1S/C21H30BF3N2O5/c1-18(2,3)30-17(28)27-12-14(22-31-19(4,5)20(6,7)32-22)10-13-11-15(26)8-9-16(13)29-21(23,24)25/h8-11H,12,26H2,1-7H3,(H,27,28). The van der Waals surface area contributed by atoms with E-state index < -0.39 is 42.1 Å². The molecular weight excluding hydrogens is 428 g/mol. The van der Waals surface area contributed by atoms with Gasteiger partial charge in [0.25, 0.3) is 0 Å². The molecule has 0 saturated carbocycles. The van der Waals surface area contributed by atoms with Crippen molar-refractivity contribution in [2.24, 2.45) is 0 Å². The van der Waals surface area contributed by atoms with Crippen molar-refractivity contribution in [3.63, 3.8) is 0 Å². The van der Waals surface area contributed by atoms with Gasteiger partial charge < -0.3 is 29.8 Å². The molecular formula is C21H30BF3N2O5. The maximum Gasteiger partial charge on any atom is 0.573 e. The molecule has 3 N–H and O–H groups in total. The van der Waals surface area contributed by atoms with E-state index in [1.54, 1.807) is 20.8 Å². The molecule has 0 aromatic heterocycles. The molecule has 0 aliphatic carbocycles. The van der Waals surface area contributed by atoms with E-state index in [0.29, 0.717) is 5.47 Å². The van der Waals surface area contributed by atoms with Crippen LogP contribution < -0.4 is 15.8 Å². The SMILES string of the molecule is CC(C)(C)OC(=O)NCC(=Cc1cc(N)ccc1OC(F)(F)F)B1OC(C)(C)C(C)(C)O1. The predicted octanol–water partition coefficient (Wildman–Crippen LogP) is 4.71. The Bertz CT molecular complexity index is 863. The van der Waals surface area contributed by atoms with Gasteiger partial charge in [-0.05, 0) is 72.1 Å². The summed E-state index contributed by atoms with van der Waals surface area (Å²) in [6.45, 7) is 12.4. The first-order valence-corrected chi connectivity index (χ1v) is 10.1. The minimum absolute atomic E-state index is 0.0537. The Morgan fingerprint density at radius 2 is 1.72 bits per heavy atom. The highest BCUT2D eigenvalue weighted by molar-refractivity contribution is 6.56. The average molecular weight is 458 g/mol. The van der Waals surface area contributed by atoms with Crippen LogP contribution in [-0.2, 0) is 14.0 Å². The van der Waals surface area contributed by atoms with Crippen molar-refractivity contribution in [1.82, 2.24) is 5.32 Å². The summed E-state index contributed by atoms with van der Waals surface area (Å²) < 4.78 is 60.1. The number of carbonyl (C=O) groups is 1. The lowest BCUT2D eigenvalue weighted by atomic mass is 9.77. The number of alkyl carbamates (subject to hydrolysis) is 1. The number of benzene rings is 1. The molecule has 7 nitrogen and oxygen atoms in total. The molecule has 1 saturated heterocycles. The van der Waals surface area contributed by atoms with Crippen molar-refractivity contribution >= 4 is 25.0 Å². The molecule has 2 rings (SSSR count). The van der Waals surface area contributed by atoms with Crippen molar-refractivity contribution in [2.45, 2.75) is 71.6 Å². The van der Waals surface area contributed by atoms with Gasteiger partial charge in [-0.1, -0.05) is 6.08 Å². The summed E-state index contributed by atoms with van der Waals surface area (Å²) >= 11 is 0. The lowest BCUT2D eigenvalue weighted by molar-refractivity contribution is -0.274. The lowest BCUT2D eigenvalue weighted by Crippen LogP contribution is -2.41. The molecule has 0 radical (unpaired) electrons. The summed E-state index contributed by atoms with van der Waals surface area (Å²) in [6.07, 6.45) is -4.19. The van der Waals surface area contributed by atoms with Crippen LogP contribution in [0.5, 0.6) is 5.75 Å². The van der Waals surface area contributed by atoms with Crippen LogP contribution in [0.15, 0.2) is 23.7 Å². The Morgan fingerprint density at radius 3 is 2.22 bits per heavy atom. The Kier molecular flexibility index (Phi) is 7.16. The molecule has 0 spiro atoms. The third kappa shape index (κ3) is 7.06. The third-order valence-electron chi connectivity index (χ3n) is 4.99. The van der Waals surface area contributed by atoms with Crippen LogP contribution in [0.4, 0.5) is 23.7 Å². The van der Waals surface area contributed by atoms with Crippen LogP contribution in [0.1, 0.15) is 54.0 Å². The fraction of sp³-hybridized carbons (Fsp3) is 0.571. The molecule has 1 amide bonds. The number of ether oxygens (including phenoxy) is 2. The number of carbonyl (C=O) groups excluding carboxylic acids is 1. The number of amides is 1. The zero-order valence-electron chi connectivity index (χ0n) is 19.3. The largest absolute Gasteiger partial charge is 0.573 e. The predicted molar refractivity (Wildman–Crippen MR) is 116 cm³/mol. The van der Waals surface area contributed by atoms with Gasteiger partial charge in [-0.25, -0.2) is 4.79 Å². The minimum Gasteiger partial charge on any atom is -0.444 e. The van der Waals surface area contributed by atoms with E-state index in [2.05, 4.69) is 10.1 Å². The number of rotatable bonds is 5. The number of nitrogens with one attached hydrogen (secondary N) is 1. The first kappa shape index (κ1) is 25.9. The van der Waals surface area contributed by atoms with E-state index in [1.165, 1.54) is 18.2 Å². The molecule has 1 heterocycles. The zero-order chi connectivity index (χ0) is 24.5. The van der Waals surface area contributed by atoms with E-state index in [-0.39, 0.29) is 17.8 Å². The Labute approximate surface area is 186 Å². The van der Waals surface area contributed by atoms with E-state index in [0.717, 1.165) is 6.07 Å². The molecule has 1 aromatic rings. The van der Waals surface area contributed by atoms with Gasteiger partial charge >= 0.3 is 19.6 Å². The second-order valence-corrected chi connectivity index (χ2v) is 9.51. The zero-order valence-corrected chi connectivity index (χ0v) is 19.3. The highest BCUT2D eigenvalue weighted by atomic mass is 19.4. The number of nitrogens with two attached hydrogens (primary N) is 1. The fourth-order valence-corrected chi connectivity index (χ4v) is 2.78. The van der Waals surface area contributed by atoms with Gasteiger partial charge in [0.15, 0.2) is 0 Å². The van der Waals surface area contributed by atoms with Crippen molar-refractivity contribution in [1.29, 1.82) is 0 Å². The van der Waals surface area contributed by atoms with Gasteiger partial charge in [0, 0.05) is 17.8 Å². The highest BCUT2D eigenvalue weighted by Crippen LogP contribution is 2.39.